The Morgan fingerprint density at radius 3 is 2.50 bits per heavy atom. The van der Waals surface area contributed by atoms with E-state index in [9.17, 15) is 4.79 Å². The van der Waals surface area contributed by atoms with Gasteiger partial charge in [0.05, 0.1) is 13.2 Å². The number of hydrogen-bond donors (Lipinski definition) is 0. The van der Waals surface area contributed by atoms with Gasteiger partial charge in [0.1, 0.15) is 6.10 Å². The highest BCUT2D eigenvalue weighted by Crippen LogP contribution is 2.32. The van der Waals surface area contributed by atoms with E-state index in [4.69, 9.17) is 27.9 Å². The molecule has 1 aromatic carbocycles. The predicted octanol–water partition coefficient (Wildman–Crippen LogP) is 3.69. The number of benzene rings is 1. The summed E-state index contributed by atoms with van der Waals surface area (Å²) in [4.78, 5) is 14.2. The van der Waals surface area contributed by atoms with Gasteiger partial charge in [0.25, 0.3) is 0 Å². The summed E-state index contributed by atoms with van der Waals surface area (Å²) >= 11 is 12.1. The number of ether oxygens (including phenoxy) is 1. The van der Waals surface area contributed by atoms with E-state index in [1.807, 2.05) is 17.0 Å². The van der Waals surface area contributed by atoms with Crippen LogP contribution in [0, 0.1) is 5.92 Å². The number of halogens is 2. The third-order valence-electron chi connectivity index (χ3n) is 4.09. The van der Waals surface area contributed by atoms with Crippen molar-refractivity contribution in [3.8, 4) is 0 Å². The van der Waals surface area contributed by atoms with Gasteiger partial charge in [-0.05, 0) is 36.6 Å². The van der Waals surface area contributed by atoms with Crippen molar-refractivity contribution in [2.24, 2.45) is 5.92 Å². The summed E-state index contributed by atoms with van der Waals surface area (Å²) in [7, 11) is 0. The molecule has 1 atom stereocenters. The van der Waals surface area contributed by atoms with Gasteiger partial charge in [-0.15, -0.1) is 0 Å². The van der Waals surface area contributed by atoms with E-state index in [2.05, 4.69) is 0 Å². The fraction of sp³-hybridized carbons (Fsp3) is 0.533. The fourth-order valence-electron chi connectivity index (χ4n) is 2.73. The van der Waals surface area contributed by atoms with Crippen LogP contribution in [0.4, 0.5) is 0 Å². The van der Waals surface area contributed by atoms with Crippen LogP contribution in [0.25, 0.3) is 0 Å². The van der Waals surface area contributed by atoms with Crippen LogP contribution in [0.2, 0.25) is 10.0 Å². The molecule has 1 aliphatic carbocycles. The number of nitrogens with zero attached hydrogens (tertiary/aromatic N) is 1. The lowest BCUT2D eigenvalue weighted by atomic mass is 9.84. The van der Waals surface area contributed by atoms with Crippen LogP contribution < -0.4 is 0 Å². The minimum absolute atomic E-state index is 0.135. The monoisotopic (exact) mass is 313 g/mol. The summed E-state index contributed by atoms with van der Waals surface area (Å²) in [5, 5.41) is 1.19. The van der Waals surface area contributed by atoms with E-state index in [1.54, 1.807) is 6.07 Å². The third-order valence-corrected chi connectivity index (χ3v) is 4.53. The van der Waals surface area contributed by atoms with Crippen molar-refractivity contribution in [3.05, 3.63) is 33.8 Å². The number of morpholine rings is 1. The summed E-state index contributed by atoms with van der Waals surface area (Å²) in [5.74, 6) is 0.509. The zero-order chi connectivity index (χ0) is 14.1. The van der Waals surface area contributed by atoms with Gasteiger partial charge in [0, 0.05) is 22.5 Å². The highest BCUT2D eigenvalue weighted by molar-refractivity contribution is 6.34. The third kappa shape index (κ3) is 2.95. The Balaban J connectivity index is 1.72. The first-order chi connectivity index (χ1) is 9.63. The van der Waals surface area contributed by atoms with Gasteiger partial charge in [-0.25, -0.2) is 0 Å². The first-order valence-electron chi connectivity index (χ1n) is 7.00. The average molecular weight is 314 g/mol. The van der Waals surface area contributed by atoms with Crippen LogP contribution >= 0.6 is 23.2 Å². The van der Waals surface area contributed by atoms with Gasteiger partial charge < -0.3 is 9.64 Å². The van der Waals surface area contributed by atoms with E-state index in [0.29, 0.717) is 29.7 Å². The second-order valence-corrected chi connectivity index (χ2v) is 6.35. The second-order valence-electron chi connectivity index (χ2n) is 5.47. The van der Waals surface area contributed by atoms with E-state index in [1.165, 1.54) is 6.42 Å². The molecule has 1 aromatic rings. The Labute approximate surface area is 128 Å². The van der Waals surface area contributed by atoms with E-state index in [0.717, 1.165) is 18.4 Å². The molecule has 1 heterocycles. The van der Waals surface area contributed by atoms with Crippen molar-refractivity contribution in [3.63, 3.8) is 0 Å². The number of rotatable bonds is 2. The molecule has 1 saturated heterocycles. The Kier molecular flexibility index (Phi) is 4.20. The van der Waals surface area contributed by atoms with Gasteiger partial charge in [-0.1, -0.05) is 29.6 Å². The highest BCUT2D eigenvalue weighted by atomic mass is 35.5. The molecule has 0 radical (unpaired) electrons. The summed E-state index contributed by atoms with van der Waals surface area (Å²) in [6, 6.07) is 5.41. The van der Waals surface area contributed by atoms with E-state index >= 15 is 0 Å². The Bertz CT molecular complexity index is 496. The lowest BCUT2D eigenvalue weighted by Gasteiger charge is -2.37. The molecular weight excluding hydrogens is 297 g/mol. The van der Waals surface area contributed by atoms with Gasteiger partial charge in [-0.2, -0.15) is 0 Å². The molecule has 2 aliphatic rings. The number of carbonyl (C=O) groups is 1. The SMILES string of the molecule is O=C(C1CCC1)N1CCO[C@@H](c2cc(Cl)cc(Cl)c2)C1. The van der Waals surface area contributed by atoms with Crippen molar-refractivity contribution in [2.75, 3.05) is 19.7 Å². The summed E-state index contributed by atoms with van der Waals surface area (Å²) in [5.41, 5.74) is 0.939. The Hall–Kier alpha value is -0.770. The van der Waals surface area contributed by atoms with Crippen molar-refractivity contribution in [1.29, 1.82) is 0 Å². The van der Waals surface area contributed by atoms with Gasteiger partial charge in [0.15, 0.2) is 0 Å². The molecule has 0 N–H and O–H groups in total. The van der Waals surface area contributed by atoms with Crippen LogP contribution in [0.15, 0.2) is 18.2 Å². The summed E-state index contributed by atoms with van der Waals surface area (Å²) in [6.07, 6.45) is 3.10. The van der Waals surface area contributed by atoms with E-state index in [-0.39, 0.29) is 17.9 Å². The molecule has 0 spiro atoms. The zero-order valence-electron chi connectivity index (χ0n) is 11.1. The standard InChI is InChI=1S/C15H17Cl2NO2/c16-12-6-11(7-13(17)8-12)14-9-18(4-5-20-14)15(19)10-2-1-3-10/h6-8,10,14H,1-5,9H2/t14-/m1/s1. The molecule has 0 unspecified atom stereocenters. The lowest BCUT2D eigenvalue weighted by Crippen LogP contribution is -2.46. The maximum atomic E-state index is 12.3. The predicted molar refractivity (Wildman–Crippen MR) is 79.1 cm³/mol. The van der Waals surface area contributed by atoms with Crippen LogP contribution in [0.5, 0.6) is 0 Å². The Morgan fingerprint density at radius 2 is 1.90 bits per heavy atom. The summed E-state index contributed by atoms with van der Waals surface area (Å²) < 4.78 is 5.77. The number of hydrogen-bond acceptors (Lipinski definition) is 2. The van der Waals surface area contributed by atoms with Gasteiger partial charge in [0.2, 0.25) is 5.91 Å². The van der Waals surface area contributed by atoms with Crippen molar-refractivity contribution < 1.29 is 9.53 Å². The zero-order valence-corrected chi connectivity index (χ0v) is 12.7. The maximum Gasteiger partial charge on any atom is 0.225 e. The molecule has 108 valence electrons. The summed E-state index contributed by atoms with van der Waals surface area (Å²) in [6.45, 7) is 1.83. The molecule has 0 bridgehead atoms. The number of amides is 1. The first kappa shape index (κ1) is 14.2. The molecule has 1 amide bonds. The molecule has 1 aliphatic heterocycles. The quantitative estimate of drug-likeness (QED) is 0.833. The van der Waals surface area contributed by atoms with Crippen molar-refractivity contribution in [2.45, 2.75) is 25.4 Å². The molecule has 1 saturated carbocycles. The molecule has 5 heteroatoms. The van der Waals surface area contributed by atoms with Crippen molar-refractivity contribution in [1.82, 2.24) is 4.90 Å². The second kappa shape index (κ2) is 5.92. The number of carbonyl (C=O) groups excluding carboxylic acids is 1. The lowest BCUT2D eigenvalue weighted by molar-refractivity contribution is -0.146. The Morgan fingerprint density at radius 1 is 1.20 bits per heavy atom. The minimum Gasteiger partial charge on any atom is -0.370 e. The molecule has 20 heavy (non-hydrogen) atoms. The molecule has 2 fully saturated rings. The smallest absolute Gasteiger partial charge is 0.225 e. The van der Waals surface area contributed by atoms with Gasteiger partial charge >= 0.3 is 0 Å². The van der Waals surface area contributed by atoms with Crippen LogP contribution in [-0.2, 0) is 9.53 Å². The topological polar surface area (TPSA) is 29.5 Å². The average Bonchev–Trinajstić information content (AvgIpc) is 2.35. The first-order valence-corrected chi connectivity index (χ1v) is 7.75. The fourth-order valence-corrected chi connectivity index (χ4v) is 3.27. The molecule has 0 aromatic heterocycles. The highest BCUT2D eigenvalue weighted by Gasteiger charge is 2.33. The van der Waals surface area contributed by atoms with Crippen LogP contribution in [0.3, 0.4) is 0 Å². The van der Waals surface area contributed by atoms with Crippen LogP contribution in [-0.4, -0.2) is 30.5 Å². The normalized spacial score (nSPS) is 23.5. The van der Waals surface area contributed by atoms with Gasteiger partial charge in [-0.3, -0.25) is 4.79 Å². The molecule has 3 rings (SSSR count). The maximum absolute atomic E-state index is 12.3. The van der Waals surface area contributed by atoms with Crippen molar-refractivity contribution >= 4 is 29.1 Å². The molecular formula is C15H17Cl2NO2. The van der Waals surface area contributed by atoms with Crippen LogP contribution in [0.1, 0.15) is 30.9 Å². The largest absolute Gasteiger partial charge is 0.370 e. The molecule has 3 nitrogen and oxygen atoms in total. The van der Waals surface area contributed by atoms with E-state index < -0.39 is 0 Å². The minimum atomic E-state index is -0.135.